The van der Waals surface area contributed by atoms with E-state index >= 15 is 0 Å². The quantitative estimate of drug-likeness (QED) is 0.854. The molecule has 0 aromatic carbocycles. The van der Waals surface area contributed by atoms with Gasteiger partial charge in [0, 0.05) is 15.4 Å². The summed E-state index contributed by atoms with van der Waals surface area (Å²) in [5, 5.41) is 12.0. The van der Waals surface area contributed by atoms with Gasteiger partial charge in [0.1, 0.15) is 0 Å². The average molecular weight is 315 g/mol. The van der Waals surface area contributed by atoms with Crippen molar-refractivity contribution in [3.8, 4) is 0 Å². The van der Waals surface area contributed by atoms with Crippen LogP contribution in [0.1, 0.15) is 11.7 Å². The fourth-order valence-electron chi connectivity index (χ4n) is 0.879. The first kappa shape index (κ1) is 12.6. The second-order valence-corrected chi connectivity index (χ2v) is 5.89. The van der Waals surface area contributed by atoms with Crippen LogP contribution in [0.3, 0.4) is 0 Å². The van der Waals surface area contributed by atoms with E-state index in [1.807, 2.05) is 0 Å². The van der Waals surface area contributed by atoms with Crippen LogP contribution in [0.2, 0.25) is 0 Å². The molecule has 0 aliphatic rings. The molecule has 5 nitrogen and oxygen atoms in total. The molecule has 0 aliphatic heterocycles. The molecule has 0 aliphatic carbocycles. The first-order valence-corrected chi connectivity index (χ1v) is 7.19. The Morgan fingerprint density at radius 3 is 2.53 bits per heavy atom. The summed E-state index contributed by atoms with van der Waals surface area (Å²) in [6.45, 7) is 0. The van der Waals surface area contributed by atoms with Gasteiger partial charge in [0.2, 0.25) is 6.10 Å². The summed E-state index contributed by atoms with van der Waals surface area (Å²) in [6, 6.07) is 0. The number of halogens is 1. The molecule has 0 bridgehead atoms. The van der Waals surface area contributed by atoms with Gasteiger partial charge in [0.25, 0.3) is 10.1 Å². The van der Waals surface area contributed by atoms with Gasteiger partial charge < -0.3 is 5.11 Å². The van der Waals surface area contributed by atoms with Crippen LogP contribution in [0.4, 0.5) is 0 Å². The lowest BCUT2D eigenvalue weighted by Gasteiger charge is -2.10. The number of hydrogen-bond donors (Lipinski definition) is 1. The third-order valence-electron chi connectivity index (χ3n) is 1.42. The lowest BCUT2D eigenvalue weighted by molar-refractivity contribution is -0.145. The molecule has 0 saturated heterocycles. The Balaban J connectivity index is 3.05. The lowest BCUT2D eigenvalue weighted by Crippen LogP contribution is -2.18. The first-order chi connectivity index (χ1) is 6.81. The van der Waals surface area contributed by atoms with Crippen LogP contribution in [0.15, 0.2) is 15.2 Å². The van der Waals surface area contributed by atoms with E-state index in [0.29, 0.717) is 4.47 Å². The van der Waals surface area contributed by atoms with Gasteiger partial charge in [-0.25, -0.2) is 8.98 Å². The number of carboxylic acid groups (broad SMARTS) is 1. The van der Waals surface area contributed by atoms with E-state index < -0.39 is 22.2 Å². The van der Waals surface area contributed by atoms with E-state index in [1.54, 1.807) is 5.38 Å². The van der Waals surface area contributed by atoms with Crippen LogP contribution in [0.25, 0.3) is 0 Å². The predicted molar refractivity (Wildman–Crippen MR) is 58.3 cm³/mol. The van der Waals surface area contributed by atoms with Gasteiger partial charge >= 0.3 is 5.97 Å². The largest absolute Gasteiger partial charge is 0.479 e. The molecule has 0 spiro atoms. The normalized spacial score (nSPS) is 13.7. The molecule has 0 amide bonds. The summed E-state index contributed by atoms with van der Waals surface area (Å²) in [5.74, 6) is -1.35. The van der Waals surface area contributed by atoms with Crippen molar-refractivity contribution in [2.75, 3.05) is 6.26 Å². The summed E-state index contributed by atoms with van der Waals surface area (Å²) in [4.78, 5) is 10.8. The number of carbonyl (C=O) groups is 1. The zero-order chi connectivity index (χ0) is 11.6. The summed E-state index contributed by atoms with van der Waals surface area (Å²) in [6.07, 6.45) is -0.691. The first-order valence-electron chi connectivity index (χ1n) is 3.64. The van der Waals surface area contributed by atoms with Crippen molar-refractivity contribution >= 4 is 43.4 Å². The highest BCUT2D eigenvalue weighted by Gasteiger charge is 2.27. The van der Waals surface area contributed by atoms with E-state index in [2.05, 4.69) is 20.1 Å². The number of aliphatic carboxylic acids is 1. The highest BCUT2D eigenvalue weighted by atomic mass is 79.9. The number of rotatable bonds is 4. The van der Waals surface area contributed by atoms with Crippen molar-refractivity contribution in [2.45, 2.75) is 6.10 Å². The van der Waals surface area contributed by atoms with Crippen molar-refractivity contribution in [3.05, 3.63) is 20.8 Å². The third kappa shape index (κ3) is 3.56. The highest BCUT2D eigenvalue weighted by Crippen LogP contribution is 2.30. The minimum Gasteiger partial charge on any atom is -0.479 e. The van der Waals surface area contributed by atoms with Crippen molar-refractivity contribution in [2.24, 2.45) is 0 Å². The molecule has 0 fully saturated rings. The lowest BCUT2D eigenvalue weighted by atomic mass is 10.2. The molecule has 1 N–H and O–H groups in total. The maximum Gasteiger partial charge on any atom is 0.339 e. The maximum atomic E-state index is 10.9. The maximum absolute atomic E-state index is 10.9. The molecule has 1 aromatic heterocycles. The highest BCUT2D eigenvalue weighted by molar-refractivity contribution is 9.10. The summed E-state index contributed by atoms with van der Waals surface area (Å²) >= 11 is 4.37. The van der Waals surface area contributed by atoms with Gasteiger partial charge in [-0.05, 0) is 21.3 Å². The van der Waals surface area contributed by atoms with Crippen molar-refractivity contribution < 1.29 is 22.5 Å². The minimum atomic E-state index is -3.81. The Kier molecular flexibility index (Phi) is 3.87. The smallest absolute Gasteiger partial charge is 0.339 e. The zero-order valence-corrected chi connectivity index (χ0v) is 10.7. The Labute approximate surface area is 98.9 Å². The van der Waals surface area contributed by atoms with Crippen LogP contribution < -0.4 is 0 Å². The molecule has 15 heavy (non-hydrogen) atoms. The van der Waals surface area contributed by atoms with E-state index in [0.717, 1.165) is 6.26 Å². The monoisotopic (exact) mass is 314 g/mol. The van der Waals surface area contributed by atoms with Crippen LogP contribution in [0.5, 0.6) is 0 Å². The fraction of sp³-hybridized carbons (Fsp3) is 0.286. The number of thiophene rings is 1. The number of carboxylic acids is 1. The molecular formula is C7H7BrO5S2. The second kappa shape index (κ2) is 4.60. The molecular weight excluding hydrogens is 308 g/mol. The van der Waals surface area contributed by atoms with Crippen LogP contribution in [-0.4, -0.2) is 25.7 Å². The molecule has 0 saturated carbocycles. The van der Waals surface area contributed by atoms with Gasteiger partial charge in [-0.2, -0.15) is 19.8 Å². The molecule has 1 unspecified atom stereocenters. The minimum absolute atomic E-state index is 0.290. The fourth-order valence-corrected chi connectivity index (χ4v) is 2.93. The molecule has 0 radical (unpaired) electrons. The van der Waals surface area contributed by atoms with E-state index in [9.17, 15) is 13.2 Å². The molecule has 1 rings (SSSR count). The Morgan fingerprint density at radius 1 is 1.60 bits per heavy atom. The van der Waals surface area contributed by atoms with Crippen molar-refractivity contribution in [1.82, 2.24) is 0 Å². The van der Waals surface area contributed by atoms with Crippen molar-refractivity contribution in [3.63, 3.8) is 0 Å². The Hall–Kier alpha value is -0.440. The van der Waals surface area contributed by atoms with Crippen LogP contribution in [0, 0.1) is 0 Å². The third-order valence-corrected chi connectivity index (χ3v) is 3.71. The molecule has 1 heterocycles. The van der Waals surface area contributed by atoms with Gasteiger partial charge in [-0.1, -0.05) is 0 Å². The Bertz CT molecular complexity index is 463. The molecule has 1 atom stereocenters. The van der Waals surface area contributed by atoms with Gasteiger partial charge in [0.05, 0.1) is 6.26 Å². The van der Waals surface area contributed by atoms with Gasteiger partial charge in [-0.3, -0.25) is 0 Å². The van der Waals surface area contributed by atoms with Crippen LogP contribution >= 0.6 is 27.3 Å². The topological polar surface area (TPSA) is 80.7 Å². The second-order valence-electron chi connectivity index (χ2n) is 2.69. The van der Waals surface area contributed by atoms with Gasteiger partial charge in [0.15, 0.2) is 0 Å². The standard InChI is InChI=1S/C7H7BrO5S2/c1-15(11,12)13-6(7(9)10)4-2-14-3-5(4)8/h2-3,6H,1H3,(H,9,10). The Morgan fingerprint density at radius 2 is 2.20 bits per heavy atom. The van der Waals surface area contributed by atoms with E-state index in [4.69, 9.17) is 5.11 Å². The SMILES string of the molecule is CS(=O)(=O)OC(C(=O)O)c1cscc1Br. The summed E-state index contributed by atoms with van der Waals surface area (Å²) in [7, 11) is -3.81. The molecule has 1 aromatic rings. The van der Waals surface area contributed by atoms with Crippen LogP contribution in [-0.2, 0) is 19.1 Å². The van der Waals surface area contributed by atoms with Crippen molar-refractivity contribution in [1.29, 1.82) is 0 Å². The molecule has 84 valence electrons. The predicted octanol–water partition coefficient (Wildman–Crippen LogP) is 1.61. The number of hydrogen-bond acceptors (Lipinski definition) is 5. The molecule has 8 heteroatoms. The summed E-state index contributed by atoms with van der Waals surface area (Å²) < 4.78 is 26.7. The summed E-state index contributed by atoms with van der Waals surface area (Å²) in [5.41, 5.74) is 0.290. The zero-order valence-electron chi connectivity index (χ0n) is 7.51. The average Bonchev–Trinajstić information content (AvgIpc) is 2.45. The van der Waals surface area contributed by atoms with E-state index in [1.165, 1.54) is 16.7 Å². The van der Waals surface area contributed by atoms with Gasteiger partial charge in [-0.15, -0.1) is 0 Å². The van der Waals surface area contributed by atoms with E-state index in [-0.39, 0.29) is 5.56 Å².